The summed E-state index contributed by atoms with van der Waals surface area (Å²) in [6.45, 7) is 5.79. The van der Waals surface area contributed by atoms with Crippen molar-refractivity contribution < 1.29 is 19.1 Å². The van der Waals surface area contributed by atoms with Gasteiger partial charge in [0.1, 0.15) is 11.4 Å². The second kappa shape index (κ2) is 7.65. The zero-order valence-corrected chi connectivity index (χ0v) is 13.6. The van der Waals surface area contributed by atoms with Gasteiger partial charge >= 0.3 is 12.2 Å². The van der Waals surface area contributed by atoms with Crippen LogP contribution in [-0.4, -0.2) is 36.8 Å². The smallest absolute Gasteiger partial charge is 0.422 e. The third kappa shape index (κ3) is 6.94. The van der Waals surface area contributed by atoms with E-state index >= 15 is 0 Å². The Bertz CT molecular complexity index is 507. The number of ether oxygens (including phenoxy) is 2. The van der Waals surface area contributed by atoms with Crippen molar-refractivity contribution >= 4 is 12.2 Å². The number of nitrogens with zero attached hydrogens (tertiary/aromatic N) is 1. The van der Waals surface area contributed by atoms with Gasteiger partial charge in [-0.1, -0.05) is 12.1 Å². The van der Waals surface area contributed by atoms with Gasteiger partial charge in [-0.2, -0.15) is 0 Å². The number of nitrogens with one attached hydrogen (secondary N) is 2. The van der Waals surface area contributed by atoms with E-state index in [0.29, 0.717) is 12.3 Å². The molecule has 0 aliphatic carbocycles. The molecular weight excluding hydrogens is 286 g/mol. The highest BCUT2D eigenvalue weighted by Crippen LogP contribution is 2.13. The third-order valence-electron chi connectivity index (χ3n) is 2.38. The second-order valence-corrected chi connectivity index (χ2v) is 5.89. The van der Waals surface area contributed by atoms with Crippen LogP contribution in [0.4, 0.5) is 9.59 Å². The molecule has 0 fully saturated rings. The van der Waals surface area contributed by atoms with Crippen LogP contribution in [0.5, 0.6) is 5.75 Å². The van der Waals surface area contributed by atoms with Gasteiger partial charge in [0.05, 0.1) is 0 Å². The molecular formula is C15H23N3O4. The summed E-state index contributed by atoms with van der Waals surface area (Å²) in [6.07, 6.45) is -0.971. The topological polar surface area (TPSA) is 79.9 Å². The van der Waals surface area contributed by atoms with Crippen LogP contribution >= 0.6 is 0 Å². The van der Waals surface area contributed by atoms with Crippen molar-refractivity contribution in [2.45, 2.75) is 32.9 Å². The highest BCUT2D eigenvalue weighted by atomic mass is 16.6. The van der Waals surface area contributed by atoms with Gasteiger partial charge in [-0.15, -0.1) is 0 Å². The number of carbonyl (C=O) groups is 2. The molecule has 7 nitrogen and oxygen atoms in total. The first kappa shape index (κ1) is 17.8. The van der Waals surface area contributed by atoms with Crippen molar-refractivity contribution in [3.05, 3.63) is 29.8 Å². The lowest BCUT2D eigenvalue weighted by Crippen LogP contribution is -2.40. The van der Waals surface area contributed by atoms with Gasteiger partial charge in [0, 0.05) is 20.6 Å². The number of benzene rings is 1. The summed E-state index contributed by atoms with van der Waals surface area (Å²) in [5, 5.41) is 0. The van der Waals surface area contributed by atoms with E-state index < -0.39 is 17.8 Å². The first-order chi connectivity index (χ1) is 10.2. The van der Waals surface area contributed by atoms with Crippen LogP contribution in [0.2, 0.25) is 0 Å². The Kier molecular flexibility index (Phi) is 6.18. The molecule has 0 bridgehead atoms. The molecule has 0 saturated heterocycles. The molecule has 7 heteroatoms. The largest absolute Gasteiger partial charge is 0.443 e. The first-order valence-electron chi connectivity index (χ1n) is 6.87. The molecule has 2 N–H and O–H groups in total. The van der Waals surface area contributed by atoms with Crippen molar-refractivity contribution in [2.24, 2.45) is 0 Å². The predicted molar refractivity (Wildman–Crippen MR) is 82.4 cm³/mol. The van der Waals surface area contributed by atoms with Crippen molar-refractivity contribution in [1.29, 1.82) is 0 Å². The second-order valence-electron chi connectivity index (χ2n) is 5.89. The Hall–Kier alpha value is -2.28. The van der Waals surface area contributed by atoms with Gasteiger partial charge in [0.15, 0.2) is 0 Å². The zero-order valence-electron chi connectivity index (χ0n) is 13.6. The third-order valence-corrected chi connectivity index (χ3v) is 2.38. The van der Waals surface area contributed by atoms with Crippen LogP contribution in [0, 0.1) is 0 Å². The van der Waals surface area contributed by atoms with Crippen LogP contribution in [-0.2, 0) is 11.3 Å². The fraction of sp³-hybridized carbons (Fsp3) is 0.467. The summed E-state index contributed by atoms with van der Waals surface area (Å²) in [6, 6.07) is 6.96. The number of hydrogen-bond donors (Lipinski definition) is 2. The zero-order chi connectivity index (χ0) is 16.8. The maximum Gasteiger partial charge on any atom is 0.422 e. The average molecular weight is 309 g/mol. The molecule has 0 atom stereocenters. The Morgan fingerprint density at radius 2 is 1.73 bits per heavy atom. The summed E-state index contributed by atoms with van der Waals surface area (Å²) in [5.74, 6) is 0.461. The Labute approximate surface area is 130 Å². The van der Waals surface area contributed by atoms with E-state index in [1.807, 2.05) is 0 Å². The predicted octanol–water partition coefficient (Wildman–Crippen LogP) is 2.28. The molecule has 0 saturated carbocycles. The molecule has 0 spiro atoms. The maximum absolute atomic E-state index is 11.4. The van der Waals surface area contributed by atoms with E-state index in [2.05, 4.69) is 10.9 Å². The van der Waals surface area contributed by atoms with Crippen LogP contribution in [0.1, 0.15) is 26.3 Å². The molecule has 2 amide bonds. The molecule has 0 heterocycles. The van der Waals surface area contributed by atoms with Crippen LogP contribution in [0.3, 0.4) is 0 Å². The van der Waals surface area contributed by atoms with Gasteiger partial charge in [-0.05, 0) is 38.5 Å². The molecule has 0 aliphatic heterocycles. The van der Waals surface area contributed by atoms with E-state index in [9.17, 15) is 9.59 Å². The quantitative estimate of drug-likeness (QED) is 0.834. The minimum absolute atomic E-state index is 0.418. The van der Waals surface area contributed by atoms with Gasteiger partial charge in [0.2, 0.25) is 0 Å². The highest BCUT2D eigenvalue weighted by molar-refractivity contribution is 5.70. The Morgan fingerprint density at radius 3 is 2.23 bits per heavy atom. The summed E-state index contributed by atoms with van der Waals surface area (Å²) in [4.78, 5) is 24.2. The van der Waals surface area contributed by atoms with Crippen molar-refractivity contribution in [2.75, 3.05) is 14.1 Å². The van der Waals surface area contributed by atoms with E-state index in [-0.39, 0.29) is 0 Å². The minimum atomic E-state index is -0.538. The van der Waals surface area contributed by atoms with E-state index in [1.54, 1.807) is 59.1 Å². The van der Waals surface area contributed by atoms with Crippen LogP contribution in [0.25, 0.3) is 0 Å². The number of carbonyl (C=O) groups excluding carboxylic acids is 2. The van der Waals surface area contributed by atoms with Gasteiger partial charge in [0.25, 0.3) is 0 Å². The van der Waals surface area contributed by atoms with Crippen LogP contribution in [0.15, 0.2) is 24.3 Å². The molecule has 1 rings (SSSR count). The average Bonchev–Trinajstić information content (AvgIpc) is 2.38. The summed E-state index contributed by atoms with van der Waals surface area (Å²) >= 11 is 0. The van der Waals surface area contributed by atoms with Gasteiger partial charge in [-0.25, -0.2) is 15.0 Å². The fourth-order valence-corrected chi connectivity index (χ4v) is 1.39. The molecule has 22 heavy (non-hydrogen) atoms. The number of amides is 2. The van der Waals surface area contributed by atoms with Crippen molar-refractivity contribution in [1.82, 2.24) is 15.8 Å². The maximum atomic E-state index is 11.4. The standard InChI is InChI=1S/C15H23N3O4/c1-15(2,3)22-13(19)17-16-10-11-6-8-12(9-7-11)21-14(20)18(4)5/h6-9,16H,10H2,1-5H3,(H,17,19). The van der Waals surface area contributed by atoms with Gasteiger partial charge in [-0.3, -0.25) is 5.43 Å². The molecule has 0 radical (unpaired) electrons. The van der Waals surface area contributed by atoms with E-state index in [1.165, 1.54) is 4.90 Å². The van der Waals surface area contributed by atoms with Gasteiger partial charge < -0.3 is 14.4 Å². The molecule has 122 valence electrons. The fourth-order valence-electron chi connectivity index (χ4n) is 1.39. The Balaban J connectivity index is 2.39. The molecule has 1 aromatic rings. The van der Waals surface area contributed by atoms with E-state index in [4.69, 9.17) is 9.47 Å². The van der Waals surface area contributed by atoms with Crippen molar-refractivity contribution in [3.8, 4) is 5.75 Å². The normalized spacial score (nSPS) is 10.8. The SMILES string of the molecule is CN(C)C(=O)Oc1ccc(CNNC(=O)OC(C)(C)C)cc1. The summed E-state index contributed by atoms with van der Waals surface area (Å²) < 4.78 is 10.2. The molecule has 0 aromatic heterocycles. The summed E-state index contributed by atoms with van der Waals surface area (Å²) in [7, 11) is 3.23. The lowest BCUT2D eigenvalue weighted by atomic mass is 10.2. The lowest BCUT2D eigenvalue weighted by Gasteiger charge is -2.19. The van der Waals surface area contributed by atoms with Crippen molar-refractivity contribution in [3.63, 3.8) is 0 Å². The molecule has 0 aliphatic rings. The lowest BCUT2D eigenvalue weighted by molar-refractivity contribution is 0.0497. The summed E-state index contributed by atoms with van der Waals surface area (Å²) in [5.41, 5.74) is 5.59. The monoisotopic (exact) mass is 309 g/mol. The minimum Gasteiger partial charge on any atom is -0.443 e. The number of hydrazine groups is 1. The first-order valence-corrected chi connectivity index (χ1v) is 6.87. The molecule has 1 aromatic carbocycles. The molecule has 0 unspecified atom stereocenters. The Morgan fingerprint density at radius 1 is 1.14 bits per heavy atom. The van der Waals surface area contributed by atoms with Crippen LogP contribution < -0.4 is 15.6 Å². The number of hydrogen-bond acceptors (Lipinski definition) is 5. The van der Waals surface area contributed by atoms with E-state index in [0.717, 1.165) is 5.56 Å². The highest BCUT2D eigenvalue weighted by Gasteiger charge is 2.15. The number of rotatable bonds is 4.